The molecule has 0 aliphatic carbocycles. The minimum atomic E-state index is -3.78. The number of sulfonamides is 1. The Hall–Kier alpha value is -2.42. The van der Waals surface area contributed by atoms with E-state index in [1.54, 1.807) is 49.4 Å². The third-order valence-electron chi connectivity index (χ3n) is 4.43. The first kappa shape index (κ1) is 19.3. The van der Waals surface area contributed by atoms with Crippen molar-refractivity contribution in [1.29, 1.82) is 0 Å². The second-order valence-corrected chi connectivity index (χ2v) is 8.15. The fraction of sp³-hybridized carbons (Fsp3) is 0.316. The number of benzene rings is 2. The summed E-state index contributed by atoms with van der Waals surface area (Å²) in [7, 11) is -3.78. The molecule has 0 radical (unpaired) electrons. The molecule has 1 fully saturated rings. The molecule has 27 heavy (non-hydrogen) atoms. The second-order valence-electron chi connectivity index (χ2n) is 6.50. The Bertz CT molecular complexity index is 916. The third-order valence-corrected chi connectivity index (χ3v) is 5.96. The molecule has 1 heterocycles. The molecule has 1 aliphatic rings. The molecule has 3 rings (SSSR count). The minimum absolute atomic E-state index is 0.107. The summed E-state index contributed by atoms with van der Waals surface area (Å²) >= 11 is 0. The summed E-state index contributed by atoms with van der Waals surface area (Å²) in [6.07, 6.45) is 0.663. The van der Waals surface area contributed by atoms with E-state index >= 15 is 0 Å². The van der Waals surface area contributed by atoms with E-state index in [4.69, 9.17) is 10.5 Å². The molecule has 2 atom stereocenters. The van der Waals surface area contributed by atoms with Crippen LogP contribution in [0.3, 0.4) is 0 Å². The predicted octanol–water partition coefficient (Wildman–Crippen LogP) is 2.24. The van der Waals surface area contributed by atoms with Gasteiger partial charge in [-0.2, -0.15) is 0 Å². The summed E-state index contributed by atoms with van der Waals surface area (Å²) in [6.45, 7) is 2.08. The number of anilines is 2. The van der Waals surface area contributed by atoms with E-state index in [2.05, 4.69) is 10.0 Å². The number of carbonyl (C=O) groups excluding carboxylic acids is 1. The van der Waals surface area contributed by atoms with E-state index < -0.39 is 16.1 Å². The molecule has 4 N–H and O–H groups in total. The van der Waals surface area contributed by atoms with Gasteiger partial charge in [-0.15, -0.1) is 0 Å². The topological polar surface area (TPSA) is 111 Å². The monoisotopic (exact) mass is 389 g/mol. The van der Waals surface area contributed by atoms with Crippen molar-refractivity contribution in [3.63, 3.8) is 0 Å². The second kappa shape index (κ2) is 8.08. The SMILES string of the molecule is Cc1ccc(NC(=O)[C@@H]2CC[C@H](CN)O2)cc1S(=O)(=O)Nc1ccccc1. The Morgan fingerprint density at radius 1 is 1.15 bits per heavy atom. The van der Waals surface area contributed by atoms with Crippen molar-refractivity contribution in [2.75, 3.05) is 16.6 Å². The Morgan fingerprint density at radius 2 is 1.89 bits per heavy atom. The summed E-state index contributed by atoms with van der Waals surface area (Å²) in [5, 5.41) is 2.74. The van der Waals surface area contributed by atoms with Gasteiger partial charge in [0.1, 0.15) is 6.10 Å². The van der Waals surface area contributed by atoms with Gasteiger partial charge in [0.05, 0.1) is 11.0 Å². The van der Waals surface area contributed by atoms with E-state index in [1.165, 1.54) is 6.07 Å². The van der Waals surface area contributed by atoms with Gasteiger partial charge >= 0.3 is 0 Å². The van der Waals surface area contributed by atoms with Gasteiger partial charge in [-0.3, -0.25) is 9.52 Å². The average Bonchev–Trinajstić information content (AvgIpc) is 3.13. The van der Waals surface area contributed by atoms with Crippen molar-refractivity contribution in [1.82, 2.24) is 0 Å². The standard InChI is InChI=1S/C19H23N3O4S/c1-13-7-8-15(21-19(23)17-10-9-16(12-20)26-17)11-18(13)27(24,25)22-14-5-3-2-4-6-14/h2-8,11,16-17,22H,9-10,12,20H2,1H3,(H,21,23)/t16-,17+/m1/s1. The molecule has 144 valence electrons. The van der Waals surface area contributed by atoms with Gasteiger partial charge in [-0.05, 0) is 49.6 Å². The normalized spacial score (nSPS) is 19.6. The fourth-order valence-corrected chi connectivity index (χ4v) is 4.31. The van der Waals surface area contributed by atoms with Gasteiger partial charge in [-0.1, -0.05) is 24.3 Å². The van der Waals surface area contributed by atoms with Crippen molar-refractivity contribution in [3.8, 4) is 0 Å². The maximum Gasteiger partial charge on any atom is 0.262 e. The molecular formula is C19H23N3O4S. The quantitative estimate of drug-likeness (QED) is 0.702. The lowest BCUT2D eigenvalue weighted by Gasteiger charge is -2.15. The van der Waals surface area contributed by atoms with Gasteiger partial charge in [-0.25, -0.2) is 8.42 Å². The molecular weight excluding hydrogens is 366 g/mol. The molecule has 0 bridgehead atoms. The van der Waals surface area contributed by atoms with E-state index in [0.29, 0.717) is 29.9 Å². The van der Waals surface area contributed by atoms with Crippen LogP contribution in [-0.2, 0) is 19.6 Å². The highest BCUT2D eigenvalue weighted by atomic mass is 32.2. The van der Waals surface area contributed by atoms with Crippen LogP contribution in [0, 0.1) is 6.92 Å². The van der Waals surface area contributed by atoms with Gasteiger partial charge in [0.15, 0.2) is 0 Å². The van der Waals surface area contributed by atoms with Crippen LogP contribution in [0.15, 0.2) is 53.4 Å². The summed E-state index contributed by atoms with van der Waals surface area (Å²) in [5.74, 6) is -0.297. The summed E-state index contributed by atoms with van der Waals surface area (Å²) in [6, 6.07) is 13.4. The fourth-order valence-electron chi connectivity index (χ4n) is 2.98. The highest BCUT2D eigenvalue weighted by molar-refractivity contribution is 7.92. The van der Waals surface area contributed by atoms with Gasteiger partial charge < -0.3 is 15.8 Å². The van der Waals surface area contributed by atoms with Crippen LogP contribution in [0.25, 0.3) is 0 Å². The van der Waals surface area contributed by atoms with Crippen molar-refractivity contribution in [2.45, 2.75) is 36.9 Å². The Morgan fingerprint density at radius 3 is 2.56 bits per heavy atom. The molecule has 0 unspecified atom stereocenters. The lowest BCUT2D eigenvalue weighted by molar-refractivity contribution is -0.126. The number of aryl methyl sites for hydroxylation is 1. The average molecular weight is 389 g/mol. The first-order valence-corrected chi connectivity index (χ1v) is 10.2. The molecule has 7 nitrogen and oxygen atoms in total. The number of rotatable bonds is 6. The number of para-hydroxylation sites is 1. The lowest BCUT2D eigenvalue weighted by atomic mass is 10.2. The number of hydrogen-bond donors (Lipinski definition) is 3. The Balaban J connectivity index is 1.77. The first-order chi connectivity index (χ1) is 12.9. The molecule has 1 amide bonds. The molecule has 2 aromatic rings. The zero-order valence-electron chi connectivity index (χ0n) is 15.0. The molecule has 0 aromatic heterocycles. The first-order valence-electron chi connectivity index (χ1n) is 8.74. The van der Waals surface area contributed by atoms with E-state index in [-0.39, 0.29) is 16.9 Å². The van der Waals surface area contributed by atoms with Gasteiger partial charge in [0.25, 0.3) is 15.9 Å². The molecule has 8 heteroatoms. The van der Waals surface area contributed by atoms with E-state index in [1.807, 2.05) is 0 Å². The van der Waals surface area contributed by atoms with E-state index in [0.717, 1.165) is 6.42 Å². The number of carbonyl (C=O) groups is 1. The summed E-state index contributed by atoms with van der Waals surface area (Å²) in [5.41, 5.74) is 7.02. The number of amides is 1. The van der Waals surface area contributed by atoms with Crippen molar-refractivity contribution >= 4 is 27.3 Å². The third kappa shape index (κ3) is 4.65. The van der Waals surface area contributed by atoms with Crippen LogP contribution >= 0.6 is 0 Å². The van der Waals surface area contributed by atoms with E-state index in [9.17, 15) is 13.2 Å². The Kier molecular flexibility index (Phi) is 5.79. The largest absolute Gasteiger partial charge is 0.364 e. The Labute approximate surface area is 159 Å². The zero-order valence-corrected chi connectivity index (χ0v) is 15.8. The van der Waals surface area contributed by atoms with Crippen molar-refractivity contribution in [2.24, 2.45) is 5.73 Å². The highest BCUT2D eigenvalue weighted by Gasteiger charge is 2.30. The lowest BCUT2D eigenvalue weighted by Crippen LogP contribution is -2.29. The number of nitrogens with one attached hydrogen (secondary N) is 2. The number of hydrogen-bond acceptors (Lipinski definition) is 5. The molecule has 2 aromatic carbocycles. The zero-order chi connectivity index (χ0) is 19.4. The summed E-state index contributed by atoms with van der Waals surface area (Å²) < 4.78 is 33.6. The minimum Gasteiger partial charge on any atom is -0.364 e. The molecule has 0 saturated carbocycles. The maximum atomic E-state index is 12.7. The smallest absolute Gasteiger partial charge is 0.262 e. The number of nitrogens with two attached hydrogens (primary N) is 1. The molecule has 0 spiro atoms. The van der Waals surface area contributed by atoms with Crippen LogP contribution in [0.1, 0.15) is 18.4 Å². The molecule has 1 saturated heterocycles. The van der Waals surface area contributed by atoms with Gasteiger partial charge in [0, 0.05) is 17.9 Å². The van der Waals surface area contributed by atoms with Crippen LogP contribution < -0.4 is 15.8 Å². The van der Waals surface area contributed by atoms with Crippen LogP contribution in [0.4, 0.5) is 11.4 Å². The van der Waals surface area contributed by atoms with Crippen LogP contribution in [-0.4, -0.2) is 33.1 Å². The summed E-state index contributed by atoms with van der Waals surface area (Å²) in [4.78, 5) is 12.5. The highest BCUT2D eigenvalue weighted by Crippen LogP contribution is 2.25. The van der Waals surface area contributed by atoms with Crippen LogP contribution in [0.5, 0.6) is 0 Å². The van der Waals surface area contributed by atoms with Gasteiger partial charge in [0.2, 0.25) is 0 Å². The van der Waals surface area contributed by atoms with Crippen molar-refractivity contribution in [3.05, 3.63) is 54.1 Å². The number of ether oxygens (including phenoxy) is 1. The van der Waals surface area contributed by atoms with Crippen LogP contribution in [0.2, 0.25) is 0 Å². The van der Waals surface area contributed by atoms with Crippen molar-refractivity contribution < 1.29 is 17.9 Å². The maximum absolute atomic E-state index is 12.7. The predicted molar refractivity (Wildman–Crippen MR) is 104 cm³/mol. The molecule has 1 aliphatic heterocycles.